The van der Waals surface area contributed by atoms with Crippen molar-refractivity contribution in [3.63, 3.8) is 0 Å². The van der Waals surface area contributed by atoms with E-state index in [9.17, 15) is 13.2 Å². The van der Waals surface area contributed by atoms with Gasteiger partial charge < -0.3 is 9.47 Å². The Morgan fingerprint density at radius 3 is 2.74 bits per heavy atom. The third-order valence-electron chi connectivity index (χ3n) is 3.99. The molecule has 0 aliphatic carbocycles. The first-order chi connectivity index (χ1) is 12.7. The number of allylic oxidation sites excluding steroid dienone is 2. The minimum atomic E-state index is -4.58. The molecule has 3 rings (SSSR count). The van der Waals surface area contributed by atoms with Crippen LogP contribution in [0.1, 0.15) is 19.4 Å². The highest BCUT2D eigenvalue weighted by molar-refractivity contribution is 5.72. The monoisotopic (exact) mass is 387 g/mol. The van der Waals surface area contributed by atoms with E-state index in [4.69, 9.17) is 9.47 Å². The van der Waals surface area contributed by atoms with E-state index in [-0.39, 0.29) is 34.8 Å². The van der Waals surface area contributed by atoms with Crippen molar-refractivity contribution in [1.29, 1.82) is 0 Å². The normalized spacial score (nSPS) is 20.7. The molecule has 7 nitrogen and oxygen atoms in total. The number of rotatable bonds is 5. The average molecular weight is 387 g/mol. The number of pyridine rings is 1. The fraction of sp³-hybridized carbons (Fsp3) is 0.438. The molecule has 3 heterocycles. The van der Waals surface area contributed by atoms with Gasteiger partial charge in [-0.1, -0.05) is 4.48 Å². The lowest BCUT2D eigenvalue weighted by Crippen LogP contribution is -2.43. The van der Waals surface area contributed by atoms with Crippen LogP contribution in [-0.4, -0.2) is 47.4 Å². The molecule has 0 N–H and O–H groups in total. The second-order valence-corrected chi connectivity index (χ2v) is 5.95. The fourth-order valence-corrected chi connectivity index (χ4v) is 2.65. The Hall–Kier alpha value is -2.69. The molecule has 0 bridgehead atoms. The Morgan fingerprint density at radius 2 is 2.07 bits per heavy atom. The van der Waals surface area contributed by atoms with Gasteiger partial charge in [0.1, 0.15) is 5.70 Å². The zero-order valence-corrected chi connectivity index (χ0v) is 14.7. The van der Waals surface area contributed by atoms with Crippen molar-refractivity contribution < 1.29 is 27.1 Å². The van der Waals surface area contributed by atoms with Gasteiger partial charge in [0.05, 0.1) is 12.2 Å². The van der Waals surface area contributed by atoms with Gasteiger partial charge in [0, 0.05) is 13.3 Å². The number of nitrogens with zero attached hydrogens (tertiary/aromatic N) is 5. The second-order valence-electron chi connectivity index (χ2n) is 5.95. The SMILES string of the molecule is COCC1N=NC2=CC(C)=C(c3cccnc3O[C@H](C)C(F)(F)F)N(F)N21. The standard InChI is InChI=1S/C16H17F4N5O2/c1-9-7-12-22-23-13(8-26-3)24(12)25(20)14(9)11-5-4-6-21-15(11)27-10(2)16(17,18)19/h4-7,10,13H,8H2,1-3H3/t10-,13?/m1/s1. The number of methoxy groups -OCH3 is 1. The topological polar surface area (TPSA) is 62.6 Å². The van der Waals surface area contributed by atoms with Crippen LogP contribution in [0.5, 0.6) is 5.88 Å². The predicted octanol–water partition coefficient (Wildman–Crippen LogP) is 3.84. The van der Waals surface area contributed by atoms with Crippen LogP contribution in [0.3, 0.4) is 0 Å². The first-order valence-electron chi connectivity index (χ1n) is 8.00. The van der Waals surface area contributed by atoms with E-state index in [1.807, 2.05) is 0 Å². The third kappa shape index (κ3) is 3.59. The zero-order chi connectivity index (χ0) is 19.8. The van der Waals surface area contributed by atoms with E-state index in [2.05, 4.69) is 15.2 Å². The van der Waals surface area contributed by atoms with Crippen molar-refractivity contribution in [3.8, 4) is 5.88 Å². The Bertz CT molecular complexity index is 808. The number of ether oxygens (including phenoxy) is 2. The first-order valence-corrected chi connectivity index (χ1v) is 8.00. The summed E-state index contributed by atoms with van der Waals surface area (Å²) in [5, 5.41) is 9.29. The van der Waals surface area contributed by atoms with Crippen LogP contribution < -0.4 is 4.74 Å². The highest BCUT2D eigenvalue weighted by Crippen LogP contribution is 2.40. The summed E-state index contributed by atoms with van der Waals surface area (Å²) >= 11 is 0. The maximum atomic E-state index is 15.2. The van der Waals surface area contributed by atoms with Gasteiger partial charge in [0.25, 0.3) is 0 Å². The maximum Gasteiger partial charge on any atom is 0.425 e. The molecule has 0 radical (unpaired) electrons. The first kappa shape index (κ1) is 19.1. The number of aromatic nitrogens is 1. The Balaban J connectivity index is 1.99. The fourth-order valence-electron chi connectivity index (χ4n) is 2.65. The maximum absolute atomic E-state index is 15.2. The van der Waals surface area contributed by atoms with Gasteiger partial charge in [-0.05, 0) is 37.6 Å². The van der Waals surface area contributed by atoms with Gasteiger partial charge in [-0.2, -0.15) is 18.3 Å². The van der Waals surface area contributed by atoms with Gasteiger partial charge in [-0.3, -0.25) is 0 Å². The number of azo groups is 1. The minimum Gasteiger partial charge on any atom is -0.464 e. The number of hydrogen-bond donors (Lipinski definition) is 0. The molecule has 0 aromatic carbocycles. The van der Waals surface area contributed by atoms with Gasteiger partial charge in [-0.25, -0.2) is 9.99 Å². The molecular weight excluding hydrogens is 370 g/mol. The van der Waals surface area contributed by atoms with Crippen LogP contribution in [0.2, 0.25) is 0 Å². The Kier molecular flexibility index (Phi) is 5.05. The van der Waals surface area contributed by atoms with Crippen LogP contribution in [0, 0.1) is 0 Å². The summed E-state index contributed by atoms with van der Waals surface area (Å²) in [6, 6.07) is 2.92. The van der Waals surface area contributed by atoms with Crippen molar-refractivity contribution in [1.82, 2.24) is 15.2 Å². The number of fused-ring (bicyclic) bond motifs is 1. The molecule has 2 atom stereocenters. The second kappa shape index (κ2) is 7.14. The number of hydrogen-bond acceptors (Lipinski definition) is 7. The van der Waals surface area contributed by atoms with E-state index < -0.39 is 18.4 Å². The lowest BCUT2D eigenvalue weighted by Gasteiger charge is -2.35. The smallest absolute Gasteiger partial charge is 0.425 e. The van der Waals surface area contributed by atoms with Crippen LogP contribution in [0.25, 0.3) is 5.70 Å². The molecular formula is C16H17F4N5O2. The van der Waals surface area contributed by atoms with Gasteiger partial charge in [0.2, 0.25) is 5.88 Å². The summed E-state index contributed by atoms with van der Waals surface area (Å²) in [5.41, 5.74) is 0.495. The van der Waals surface area contributed by atoms with Crippen LogP contribution in [0.4, 0.5) is 17.7 Å². The highest BCUT2D eigenvalue weighted by Gasteiger charge is 2.41. The molecule has 1 aromatic rings. The molecule has 2 aliphatic rings. The summed E-state index contributed by atoms with van der Waals surface area (Å²) in [5.74, 6) is -0.0663. The molecule has 2 aliphatic heterocycles. The summed E-state index contributed by atoms with van der Waals surface area (Å²) in [4.78, 5) is 3.86. The van der Waals surface area contributed by atoms with Crippen LogP contribution >= 0.6 is 0 Å². The lowest BCUT2D eigenvalue weighted by atomic mass is 10.1. The Morgan fingerprint density at radius 1 is 1.33 bits per heavy atom. The van der Waals surface area contributed by atoms with Crippen LogP contribution in [0.15, 0.2) is 46.0 Å². The summed E-state index contributed by atoms with van der Waals surface area (Å²) in [7, 11) is 1.44. The molecule has 0 spiro atoms. The van der Waals surface area contributed by atoms with Crippen molar-refractivity contribution >= 4 is 5.70 Å². The number of alkyl halides is 3. The van der Waals surface area contributed by atoms with E-state index in [0.29, 0.717) is 5.57 Å². The molecule has 0 saturated carbocycles. The summed E-state index contributed by atoms with van der Waals surface area (Å²) < 4.78 is 63.8. The zero-order valence-electron chi connectivity index (χ0n) is 14.7. The molecule has 146 valence electrons. The van der Waals surface area contributed by atoms with Crippen molar-refractivity contribution in [2.45, 2.75) is 32.3 Å². The van der Waals surface area contributed by atoms with E-state index >= 15 is 4.48 Å². The number of hydrazine groups is 1. The summed E-state index contributed by atoms with van der Waals surface area (Å²) in [6.45, 7) is 2.54. The molecule has 27 heavy (non-hydrogen) atoms. The molecule has 0 amide bonds. The van der Waals surface area contributed by atoms with Crippen LogP contribution in [-0.2, 0) is 4.74 Å². The molecule has 0 fully saturated rings. The van der Waals surface area contributed by atoms with Crippen molar-refractivity contribution in [2.24, 2.45) is 10.2 Å². The highest BCUT2D eigenvalue weighted by atomic mass is 19.4. The number of halogens is 4. The van der Waals surface area contributed by atoms with Gasteiger partial charge in [-0.15, -0.1) is 10.3 Å². The predicted molar refractivity (Wildman–Crippen MR) is 86.4 cm³/mol. The minimum absolute atomic E-state index is 0.00960. The molecule has 11 heteroatoms. The third-order valence-corrected chi connectivity index (χ3v) is 3.99. The van der Waals surface area contributed by atoms with E-state index in [1.54, 1.807) is 13.0 Å². The Labute approximate surface area is 152 Å². The van der Waals surface area contributed by atoms with Gasteiger partial charge in [0.15, 0.2) is 18.1 Å². The van der Waals surface area contributed by atoms with E-state index in [0.717, 1.165) is 11.9 Å². The summed E-state index contributed by atoms with van der Waals surface area (Å²) in [6.07, 6.45) is -4.56. The quantitative estimate of drug-likeness (QED) is 0.568. The van der Waals surface area contributed by atoms with E-state index in [1.165, 1.54) is 25.4 Å². The lowest BCUT2D eigenvalue weighted by molar-refractivity contribution is -0.190. The molecule has 1 unspecified atom stereocenters. The molecule has 1 aromatic heterocycles. The van der Waals surface area contributed by atoms with Crippen molar-refractivity contribution in [2.75, 3.05) is 13.7 Å². The van der Waals surface area contributed by atoms with Gasteiger partial charge >= 0.3 is 6.18 Å². The largest absolute Gasteiger partial charge is 0.464 e. The van der Waals surface area contributed by atoms with Crippen molar-refractivity contribution in [3.05, 3.63) is 41.4 Å². The average Bonchev–Trinajstić information content (AvgIpc) is 2.98. The molecule has 0 saturated heterocycles.